The molecule has 1 atom stereocenters. The Balaban J connectivity index is 1.46. The Morgan fingerprint density at radius 1 is 1.18 bits per heavy atom. The average molecular weight is 446 g/mol. The predicted octanol–water partition coefficient (Wildman–Crippen LogP) is 3.74. The van der Waals surface area contributed by atoms with Gasteiger partial charge in [-0.25, -0.2) is 9.78 Å². The molecule has 0 unspecified atom stereocenters. The Bertz CT molecular complexity index is 1280. The van der Waals surface area contributed by atoms with Crippen LogP contribution in [0.15, 0.2) is 70.3 Å². The summed E-state index contributed by atoms with van der Waals surface area (Å²) >= 11 is 0. The summed E-state index contributed by atoms with van der Waals surface area (Å²) in [7, 11) is 1.57. The van der Waals surface area contributed by atoms with E-state index in [1.165, 1.54) is 0 Å². The summed E-state index contributed by atoms with van der Waals surface area (Å²) in [5.41, 5.74) is 3.51. The van der Waals surface area contributed by atoms with E-state index in [9.17, 15) is 9.59 Å². The van der Waals surface area contributed by atoms with Gasteiger partial charge in [-0.3, -0.25) is 4.79 Å². The smallest absolute Gasteiger partial charge is 0.339 e. The number of aryl methyl sites for hydroxylation is 1. The fourth-order valence-corrected chi connectivity index (χ4v) is 4.06. The predicted molar refractivity (Wildman–Crippen MR) is 126 cm³/mol. The van der Waals surface area contributed by atoms with E-state index in [4.69, 9.17) is 9.15 Å². The fraction of sp³-hybridized carbons (Fsp3) is 0.269. The summed E-state index contributed by atoms with van der Waals surface area (Å²) in [6, 6.07) is 15.3. The number of H-pyrrole nitrogens is 1. The molecule has 1 amide bonds. The molecule has 0 spiro atoms. The van der Waals surface area contributed by atoms with Crippen LogP contribution in [0.25, 0.3) is 11.0 Å². The lowest BCUT2D eigenvalue weighted by Gasteiger charge is -2.18. The van der Waals surface area contributed by atoms with Crippen LogP contribution in [0.5, 0.6) is 5.75 Å². The third-order valence-corrected chi connectivity index (χ3v) is 5.81. The third-order valence-electron chi connectivity index (χ3n) is 5.81. The van der Waals surface area contributed by atoms with E-state index in [0.29, 0.717) is 36.2 Å². The van der Waals surface area contributed by atoms with Gasteiger partial charge in [0.25, 0.3) is 0 Å². The first-order valence-corrected chi connectivity index (χ1v) is 10.9. The van der Waals surface area contributed by atoms with Crippen LogP contribution in [0, 0.1) is 6.92 Å². The van der Waals surface area contributed by atoms with Crippen molar-refractivity contribution in [2.45, 2.75) is 38.6 Å². The molecular weight excluding hydrogens is 418 g/mol. The Morgan fingerprint density at radius 3 is 2.73 bits per heavy atom. The van der Waals surface area contributed by atoms with Crippen LogP contribution in [-0.2, 0) is 24.1 Å². The molecule has 33 heavy (non-hydrogen) atoms. The summed E-state index contributed by atoms with van der Waals surface area (Å²) in [5, 5.41) is 3.97. The molecule has 2 aromatic heterocycles. The van der Waals surface area contributed by atoms with Gasteiger partial charge in [0, 0.05) is 47.8 Å². The van der Waals surface area contributed by atoms with Crippen LogP contribution >= 0.6 is 0 Å². The van der Waals surface area contributed by atoms with E-state index >= 15 is 0 Å². The zero-order valence-corrected chi connectivity index (χ0v) is 18.8. The zero-order valence-electron chi connectivity index (χ0n) is 18.8. The lowest BCUT2D eigenvalue weighted by molar-refractivity contribution is -0.121. The van der Waals surface area contributed by atoms with Crippen LogP contribution in [0.3, 0.4) is 0 Å². The Hall–Kier alpha value is -3.87. The lowest BCUT2D eigenvalue weighted by atomic mass is 10.0. The van der Waals surface area contributed by atoms with Crippen molar-refractivity contribution in [1.29, 1.82) is 0 Å². The normalized spacial score (nSPS) is 11.9. The molecule has 4 aromatic rings. The molecule has 2 N–H and O–H groups in total. The summed E-state index contributed by atoms with van der Waals surface area (Å²) < 4.78 is 10.7. The van der Waals surface area contributed by atoms with Crippen molar-refractivity contribution in [3.8, 4) is 5.75 Å². The van der Waals surface area contributed by atoms with Gasteiger partial charge in [0.2, 0.25) is 5.91 Å². The molecule has 0 saturated heterocycles. The number of nitrogens with one attached hydrogen (secondary N) is 2. The molecule has 2 heterocycles. The molecule has 0 saturated carbocycles. The number of aromatic nitrogens is 2. The van der Waals surface area contributed by atoms with Gasteiger partial charge in [-0.1, -0.05) is 30.3 Å². The average Bonchev–Trinajstić information content (AvgIpc) is 3.32. The third kappa shape index (κ3) is 5.49. The Labute approximate surface area is 191 Å². The van der Waals surface area contributed by atoms with E-state index in [-0.39, 0.29) is 18.4 Å². The minimum absolute atomic E-state index is 0.0954. The van der Waals surface area contributed by atoms with E-state index < -0.39 is 5.63 Å². The Kier molecular flexibility index (Phi) is 6.88. The number of rotatable bonds is 9. The minimum atomic E-state index is -0.417. The number of amides is 1. The molecule has 0 bridgehead atoms. The number of methoxy groups -OCH3 is 1. The Morgan fingerprint density at radius 2 is 2.00 bits per heavy atom. The molecule has 0 radical (unpaired) electrons. The van der Waals surface area contributed by atoms with Crippen molar-refractivity contribution in [3.05, 3.63) is 93.9 Å². The highest BCUT2D eigenvalue weighted by Gasteiger charge is 2.17. The van der Waals surface area contributed by atoms with Crippen LogP contribution in [0.2, 0.25) is 0 Å². The quantitative estimate of drug-likeness (QED) is 0.383. The van der Waals surface area contributed by atoms with Gasteiger partial charge in [-0.2, -0.15) is 0 Å². The first-order valence-electron chi connectivity index (χ1n) is 10.9. The summed E-state index contributed by atoms with van der Waals surface area (Å²) in [6.45, 7) is 1.88. The molecule has 7 nitrogen and oxygen atoms in total. The zero-order chi connectivity index (χ0) is 23.2. The van der Waals surface area contributed by atoms with Gasteiger partial charge in [-0.15, -0.1) is 0 Å². The topological polar surface area (TPSA) is 97.2 Å². The monoisotopic (exact) mass is 445 g/mol. The SMILES string of the molecule is COc1ccc2c(C)c(CCC(=O)N[C@H](Cc3ccccc3)Cc3cnc[nH]3)c(=O)oc2c1. The molecule has 0 aliphatic rings. The van der Waals surface area contributed by atoms with Gasteiger partial charge in [-0.05, 0) is 43.0 Å². The first kappa shape index (κ1) is 22.3. The van der Waals surface area contributed by atoms with Gasteiger partial charge < -0.3 is 19.5 Å². The van der Waals surface area contributed by atoms with Crippen molar-refractivity contribution >= 4 is 16.9 Å². The standard InChI is InChI=1S/C26H27N3O4/c1-17-22-9-8-21(32-2)14-24(22)33-26(31)23(17)10-11-25(30)29-19(13-20-15-27-16-28-20)12-18-6-4-3-5-7-18/h3-9,14-16,19H,10-13H2,1-2H3,(H,27,28)(H,29,30)/t19-/m1/s1. The maximum Gasteiger partial charge on any atom is 0.339 e. The van der Waals surface area contributed by atoms with E-state index in [2.05, 4.69) is 15.3 Å². The summed E-state index contributed by atoms with van der Waals surface area (Å²) in [5.74, 6) is 0.517. The number of hydrogen-bond acceptors (Lipinski definition) is 5. The van der Waals surface area contributed by atoms with Crippen molar-refractivity contribution in [2.75, 3.05) is 7.11 Å². The van der Waals surface area contributed by atoms with Gasteiger partial charge >= 0.3 is 5.63 Å². The molecule has 0 aliphatic carbocycles. The second-order valence-electron chi connectivity index (χ2n) is 8.09. The van der Waals surface area contributed by atoms with E-state index in [1.807, 2.05) is 49.4 Å². The highest BCUT2D eigenvalue weighted by molar-refractivity contribution is 5.82. The number of fused-ring (bicyclic) bond motifs is 1. The highest BCUT2D eigenvalue weighted by atomic mass is 16.5. The molecule has 0 aliphatic heterocycles. The molecule has 7 heteroatoms. The van der Waals surface area contributed by atoms with Crippen molar-refractivity contribution in [3.63, 3.8) is 0 Å². The number of ether oxygens (including phenoxy) is 1. The van der Waals surface area contributed by atoms with Crippen molar-refractivity contribution in [1.82, 2.24) is 15.3 Å². The van der Waals surface area contributed by atoms with Crippen LogP contribution < -0.4 is 15.7 Å². The second kappa shape index (κ2) is 10.2. The van der Waals surface area contributed by atoms with E-state index in [0.717, 1.165) is 22.2 Å². The molecule has 170 valence electrons. The van der Waals surface area contributed by atoms with E-state index in [1.54, 1.807) is 25.7 Å². The van der Waals surface area contributed by atoms with Crippen molar-refractivity contribution in [2.24, 2.45) is 0 Å². The lowest BCUT2D eigenvalue weighted by Crippen LogP contribution is -2.38. The number of benzene rings is 2. The summed E-state index contributed by atoms with van der Waals surface area (Å²) in [4.78, 5) is 32.6. The fourth-order valence-electron chi connectivity index (χ4n) is 4.06. The minimum Gasteiger partial charge on any atom is -0.497 e. The van der Waals surface area contributed by atoms with Crippen molar-refractivity contribution < 1.29 is 13.9 Å². The van der Waals surface area contributed by atoms with Crippen LogP contribution in [-0.4, -0.2) is 29.0 Å². The van der Waals surface area contributed by atoms with Gasteiger partial charge in [0.05, 0.1) is 13.4 Å². The number of hydrogen-bond donors (Lipinski definition) is 2. The number of imidazole rings is 1. The maximum absolute atomic E-state index is 12.8. The molecule has 2 aromatic carbocycles. The molecule has 0 fully saturated rings. The summed E-state index contributed by atoms with van der Waals surface area (Å²) in [6.07, 6.45) is 5.24. The van der Waals surface area contributed by atoms with Crippen LogP contribution in [0.4, 0.5) is 0 Å². The number of carbonyl (C=O) groups excluding carboxylic acids is 1. The number of nitrogens with zero attached hydrogens (tertiary/aromatic N) is 1. The largest absolute Gasteiger partial charge is 0.497 e. The maximum atomic E-state index is 12.8. The second-order valence-corrected chi connectivity index (χ2v) is 8.09. The number of aromatic amines is 1. The van der Waals surface area contributed by atoms with Gasteiger partial charge in [0.15, 0.2) is 0 Å². The van der Waals surface area contributed by atoms with Gasteiger partial charge in [0.1, 0.15) is 11.3 Å². The van der Waals surface area contributed by atoms with Crippen LogP contribution in [0.1, 0.15) is 28.8 Å². The number of carbonyl (C=O) groups is 1. The molecule has 4 rings (SSSR count). The highest BCUT2D eigenvalue weighted by Crippen LogP contribution is 2.24. The first-order chi connectivity index (χ1) is 16.0. The molecular formula is C26H27N3O4.